The molecule has 3 rings (SSSR count). The highest BCUT2D eigenvalue weighted by Crippen LogP contribution is 2.40. The number of rotatable bonds is 2. The number of carbonyl (C=O) groups excluding carboxylic acids is 1. The second kappa shape index (κ2) is 5.95. The summed E-state index contributed by atoms with van der Waals surface area (Å²) in [6.07, 6.45) is 2.07. The molecule has 0 saturated heterocycles. The smallest absolute Gasteiger partial charge is 0.253 e. The molecule has 122 valence electrons. The summed E-state index contributed by atoms with van der Waals surface area (Å²) in [7, 11) is 0. The maximum absolute atomic E-state index is 12.5. The summed E-state index contributed by atoms with van der Waals surface area (Å²) >= 11 is 0. The first kappa shape index (κ1) is 16.0. The molecule has 0 aliphatic carbocycles. The Balaban J connectivity index is 1.99. The molecule has 0 fully saturated rings. The number of fused-ring (bicyclic) bond motifs is 1. The highest BCUT2D eigenvalue weighted by molar-refractivity contribution is 5.94. The average molecular weight is 323 g/mol. The van der Waals surface area contributed by atoms with Crippen LogP contribution in [0.15, 0.2) is 42.7 Å². The van der Waals surface area contributed by atoms with Crippen LogP contribution in [0.4, 0.5) is 0 Å². The van der Waals surface area contributed by atoms with Gasteiger partial charge in [-0.25, -0.2) is 0 Å². The number of aliphatic hydroxyl groups excluding tert-OH is 1. The van der Waals surface area contributed by atoms with Gasteiger partial charge < -0.3 is 15.2 Å². The van der Waals surface area contributed by atoms with Gasteiger partial charge in [0.1, 0.15) is 17.5 Å². The molecule has 0 bridgehead atoms. The summed E-state index contributed by atoms with van der Waals surface area (Å²) in [5.74, 6) is 0.193. The fraction of sp³-hybridized carbons (Fsp3) is 0.278. The number of nitrogens with zero attached hydrogens (tertiary/aromatic N) is 2. The molecule has 2 atom stereocenters. The zero-order chi connectivity index (χ0) is 17.3. The summed E-state index contributed by atoms with van der Waals surface area (Å²) < 4.78 is 5.83. The van der Waals surface area contributed by atoms with Crippen LogP contribution in [0.2, 0.25) is 0 Å². The molecule has 0 radical (unpaired) electrons. The number of aromatic nitrogens is 1. The van der Waals surface area contributed by atoms with E-state index in [4.69, 9.17) is 10.00 Å². The molecule has 0 spiro atoms. The lowest BCUT2D eigenvalue weighted by atomic mass is 9.86. The molecule has 24 heavy (non-hydrogen) atoms. The lowest BCUT2D eigenvalue weighted by Gasteiger charge is -2.42. The normalized spacial score (nSPS) is 21.1. The van der Waals surface area contributed by atoms with Gasteiger partial charge in [-0.15, -0.1) is 0 Å². The Labute approximate surface area is 139 Å². The van der Waals surface area contributed by atoms with E-state index in [0.29, 0.717) is 22.4 Å². The van der Waals surface area contributed by atoms with Gasteiger partial charge in [0.2, 0.25) is 0 Å². The lowest BCUT2D eigenvalue weighted by molar-refractivity contribution is -0.0627. The third kappa shape index (κ3) is 2.82. The minimum Gasteiger partial charge on any atom is -0.485 e. The molecule has 1 aromatic carbocycles. The fourth-order valence-corrected chi connectivity index (χ4v) is 2.75. The average Bonchev–Trinajstić information content (AvgIpc) is 2.59. The number of hydrogen-bond donors (Lipinski definition) is 2. The minimum atomic E-state index is -0.973. The molecule has 2 heterocycles. The van der Waals surface area contributed by atoms with Gasteiger partial charge in [0.25, 0.3) is 5.91 Å². The van der Waals surface area contributed by atoms with E-state index in [1.54, 1.807) is 50.4 Å². The van der Waals surface area contributed by atoms with Gasteiger partial charge in [-0.05, 0) is 44.2 Å². The van der Waals surface area contributed by atoms with Crippen LogP contribution < -0.4 is 10.1 Å². The Morgan fingerprint density at radius 3 is 2.88 bits per heavy atom. The Hall–Kier alpha value is -2.91. The van der Waals surface area contributed by atoms with Crippen LogP contribution in [-0.2, 0) is 0 Å². The number of benzene rings is 1. The molecule has 6 heteroatoms. The quantitative estimate of drug-likeness (QED) is 0.881. The number of pyridine rings is 1. The molecule has 6 nitrogen and oxygen atoms in total. The van der Waals surface area contributed by atoms with Crippen molar-refractivity contribution in [1.82, 2.24) is 10.3 Å². The SMILES string of the molecule is CC1(C)Oc2ccc(C#N)cc2[C@H](NC(=O)c2cccnc2)[C@H]1O. The first-order valence-electron chi connectivity index (χ1n) is 7.54. The van der Waals surface area contributed by atoms with Crippen molar-refractivity contribution in [3.05, 3.63) is 59.4 Å². The van der Waals surface area contributed by atoms with Gasteiger partial charge in [-0.1, -0.05) is 0 Å². The highest BCUT2D eigenvalue weighted by Gasteiger charge is 2.43. The Morgan fingerprint density at radius 1 is 1.42 bits per heavy atom. The van der Waals surface area contributed by atoms with E-state index >= 15 is 0 Å². The molecular weight excluding hydrogens is 306 g/mol. The molecular formula is C18H17N3O3. The van der Waals surface area contributed by atoms with Gasteiger partial charge in [-0.3, -0.25) is 9.78 Å². The van der Waals surface area contributed by atoms with Crippen molar-refractivity contribution in [2.24, 2.45) is 0 Å². The monoisotopic (exact) mass is 323 g/mol. The number of carbonyl (C=O) groups is 1. The number of aliphatic hydroxyl groups is 1. The largest absolute Gasteiger partial charge is 0.485 e. The Morgan fingerprint density at radius 2 is 2.21 bits per heavy atom. The summed E-state index contributed by atoms with van der Waals surface area (Å²) in [6, 6.07) is 9.64. The van der Waals surface area contributed by atoms with E-state index in [1.807, 2.05) is 0 Å². The van der Waals surface area contributed by atoms with Gasteiger partial charge in [0, 0.05) is 18.0 Å². The van der Waals surface area contributed by atoms with Crippen molar-refractivity contribution in [1.29, 1.82) is 5.26 Å². The van der Waals surface area contributed by atoms with Crippen molar-refractivity contribution >= 4 is 5.91 Å². The highest BCUT2D eigenvalue weighted by atomic mass is 16.5. The lowest BCUT2D eigenvalue weighted by Crippen LogP contribution is -2.53. The summed E-state index contributed by atoms with van der Waals surface area (Å²) in [6.45, 7) is 3.50. The van der Waals surface area contributed by atoms with Crippen LogP contribution in [-0.4, -0.2) is 27.7 Å². The standard InChI is InChI=1S/C18H17N3O3/c1-18(2)16(22)15(21-17(23)12-4-3-7-20-10-12)13-8-11(9-19)5-6-14(13)24-18/h3-8,10,15-16,22H,1-2H3,(H,21,23)/t15-,16+/m0/s1. The molecule has 1 amide bonds. The maximum Gasteiger partial charge on any atom is 0.253 e. The number of ether oxygens (including phenoxy) is 1. The second-order valence-corrected chi connectivity index (χ2v) is 6.21. The predicted octanol–water partition coefficient (Wildman–Crippen LogP) is 1.96. The molecule has 1 aliphatic heterocycles. The van der Waals surface area contributed by atoms with Crippen LogP contribution in [0.3, 0.4) is 0 Å². The molecule has 1 aromatic heterocycles. The van der Waals surface area contributed by atoms with E-state index in [9.17, 15) is 9.90 Å². The van der Waals surface area contributed by atoms with Crippen LogP contribution in [0, 0.1) is 11.3 Å². The summed E-state index contributed by atoms with van der Waals surface area (Å²) in [5, 5.41) is 22.6. The van der Waals surface area contributed by atoms with Crippen LogP contribution in [0.1, 0.15) is 41.4 Å². The zero-order valence-corrected chi connectivity index (χ0v) is 13.4. The summed E-state index contributed by atoms with van der Waals surface area (Å²) in [4.78, 5) is 16.4. The maximum atomic E-state index is 12.5. The molecule has 2 N–H and O–H groups in total. The van der Waals surface area contributed by atoms with E-state index in [1.165, 1.54) is 6.20 Å². The number of nitrogens with one attached hydrogen (secondary N) is 1. The number of amides is 1. The fourth-order valence-electron chi connectivity index (χ4n) is 2.75. The zero-order valence-electron chi connectivity index (χ0n) is 13.4. The molecule has 0 saturated carbocycles. The van der Waals surface area contributed by atoms with Crippen LogP contribution in [0.25, 0.3) is 0 Å². The first-order valence-corrected chi connectivity index (χ1v) is 7.54. The number of nitriles is 1. The third-order valence-electron chi connectivity index (χ3n) is 4.09. The van der Waals surface area contributed by atoms with Gasteiger partial charge in [-0.2, -0.15) is 5.26 Å². The first-order chi connectivity index (χ1) is 11.4. The minimum absolute atomic E-state index is 0.349. The summed E-state index contributed by atoms with van der Waals surface area (Å²) in [5.41, 5.74) is 0.531. The molecule has 0 unspecified atom stereocenters. The third-order valence-corrected chi connectivity index (χ3v) is 4.09. The van der Waals surface area contributed by atoms with E-state index in [2.05, 4.69) is 16.4 Å². The van der Waals surface area contributed by atoms with Crippen molar-refractivity contribution in [3.63, 3.8) is 0 Å². The van der Waals surface area contributed by atoms with Crippen molar-refractivity contribution in [2.75, 3.05) is 0 Å². The van der Waals surface area contributed by atoms with Crippen molar-refractivity contribution in [2.45, 2.75) is 31.6 Å². The van der Waals surface area contributed by atoms with Gasteiger partial charge in [0.05, 0.1) is 23.2 Å². The number of hydrogen-bond acceptors (Lipinski definition) is 5. The molecule has 2 aromatic rings. The molecule has 1 aliphatic rings. The van der Waals surface area contributed by atoms with Crippen LogP contribution >= 0.6 is 0 Å². The van der Waals surface area contributed by atoms with E-state index in [0.717, 1.165) is 0 Å². The second-order valence-electron chi connectivity index (χ2n) is 6.21. The van der Waals surface area contributed by atoms with Crippen molar-refractivity contribution < 1.29 is 14.6 Å². The van der Waals surface area contributed by atoms with Crippen molar-refractivity contribution in [3.8, 4) is 11.8 Å². The Bertz CT molecular complexity index is 812. The predicted molar refractivity (Wildman–Crippen MR) is 86.3 cm³/mol. The van der Waals surface area contributed by atoms with Gasteiger partial charge in [0.15, 0.2) is 0 Å². The van der Waals surface area contributed by atoms with E-state index < -0.39 is 17.7 Å². The van der Waals surface area contributed by atoms with Crippen LogP contribution in [0.5, 0.6) is 5.75 Å². The topological polar surface area (TPSA) is 95.2 Å². The Kier molecular flexibility index (Phi) is 3.96. The van der Waals surface area contributed by atoms with Gasteiger partial charge >= 0.3 is 0 Å². The van der Waals surface area contributed by atoms with E-state index in [-0.39, 0.29) is 5.91 Å².